The second-order valence-corrected chi connectivity index (χ2v) is 8.10. The molecule has 4 rings (SSSR count). The Hall–Kier alpha value is -2.83. The first-order valence-corrected chi connectivity index (χ1v) is 10.8. The molecule has 1 aromatic carbocycles. The lowest BCUT2D eigenvalue weighted by molar-refractivity contribution is -0.137. The topological polar surface area (TPSA) is 96.0 Å². The van der Waals surface area contributed by atoms with Crippen molar-refractivity contribution in [2.24, 2.45) is 0 Å². The monoisotopic (exact) mass is 466 g/mol. The van der Waals surface area contributed by atoms with Crippen LogP contribution in [0, 0.1) is 0 Å². The minimum absolute atomic E-state index is 0.0908. The van der Waals surface area contributed by atoms with Gasteiger partial charge >= 0.3 is 6.18 Å². The lowest BCUT2D eigenvalue weighted by Gasteiger charge is -2.35. The second-order valence-electron chi connectivity index (χ2n) is 7.24. The maximum Gasteiger partial charge on any atom is 0.416 e. The Balaban J connectivity index is 1.41. The van der Waals surface area contributed by atoms with Gasteiger partial charge in [-0.25, -0.2) is 9.97 Å². The molecule has 1 unspecified atom stereocenters. The lowest BCUT2D eigenvalue weighted by Crippen LogP contribution is -2.44. The van der Waals surface area contributed by atoms with E-state index in [-0.39, 0.29) is 24.9 Å². The number of thiazole rings is 1. The number of rotatable bonds is 7. The van der Waals surface area contributed by atoms with Gasteiger partial charge in [-0.1, -0.05) is 12.1 Å². The Morgan fingerprint density at radius 3 is 2.66 bits per heavy atom. The normalized spacial score (nSPS) is 16.1. The van der Waals surface area contributed by atoms with E-state index < -0.39 is 11.7 Å². The number of H-pyrrole nitrogens is 1. The Kier molecular flexibility index (Phi) is 6.82. The summed E-state index contributed by atoms with van der Waals surface area (Å²) < 4.78 is 44.2. The molecule has 12 heteroatoms. The number of nitrogens with zero attached hydrogens (tertiary/aromatic N) is 4. The van der Waals surface area contributed by atoms with Gasteiger partial charge in [0.2, 0.25) is 5.91 Å². The highest BCUT2D eigenvalue weighted by atomic mass is 32.1. The van der Waals surface area contributed by atoms with Crippen molar-refractivity contribution in [1.29, 1.82) is 0 Å². The molecule has 2 N–H and O–H groups in total. The first-order valence-electron chi connectivity index (χ1n) is 9.96. The van der Waals surface area contributed by atoms with Gasteiger partial charge in [-0.2, -0.15) is 18.3 Å². The molecular weight excluding hydrogens is 445 g/mol. The molecular formula is C20H21F3N6O2S. The predicted octanol–water partition coefficient (Wildman–Crippen LogP) is 2.68. The molecule has 0 saturated carbocycles. The summed E-state index contributed by atoms with van der Waals surface area (Å²) in [5.74, 6) is 0.320. The zero-order valence-corrected chi connectivity index (χ0v) is 17.7. The van der Waals surface area contributed by atoms with E-state index in [1.807, 2.05) is 0 Å². The highest BCUT2D eigenvalue weighted by Gasteiger charge is 2.31. The van der Waals surface area contributed by atoms with Crippen molar-refractivity contribution in [3.63, 3.8) is 0 Å². The largest absolute Gasteiger partial charge is 0.416 e. The summed E-state index contributed by atoms with van der Waals surface area (Å²) in [7, 11) is 0. The maximum absolute atomic E-state index is 12.9. The number of hydrogen-bond donors (Lipinski definition) is 2. The quantitative estimate of drug-likeness (QED) is 0.556. The third kappa shape index (κ3) is 5.50. The minimum atomic E-state index is -4.39. The molecule has 0 bridgehead atoms. The molecule has 1 aliphatic rings. The molecule has 2 aromatic heterocycles. The van der Waals surface area contributed by atoms with Crippen LogP contribution in [0.2, 0.25) is 0 Å². The second kappa shape index (κ2) is 9.76. The van der Waals surface area contributed by atoms with Crippen molar-refractivity contribution in [2.75, 3.05) is 32.8 Å². The number of halogens is 3. The Labute approximate surface area is 185 Å². The van der Waals surface area contributed by atoms with Gasteiger partial charge in [-0.3, -0.25) is 14.8 Å². The molecule has 0 aliphatic carbocycles. The van der Waals surface area contributed by atoms with Crippen LogP contribution in [-0.4, -0.2) is 63.8 Å². The number of morpholine rings is 1. The van der Waals surface area contributed by atoms with Gasteiger partial charge < -0.3 is 10.1 Å². The van der Waals surface area contributed by atoms with Gasteiger partial charge in [0.05, 0.1) is 36.9 Å². The van der Waals surface area contributed by atoms with Crippen LogP contribution >= 0.6 is 11.3 Å². The minimum Gasteiger partial charge on any atom is -0.379 e. The SMILES string of the molecule is O=C(Cc1csc(-c2ncn[nH]2)n1)NCC(c1ccc(C(F)(F)F)cc1)N1CCOCC1. The number of benzene rings is 1. The van der Waals surface area contributed by atoms with Crippen LogP contribution in [0.15, 0.2) is 36.0 Å². The molecule has 170 valence electrons. The predicted molar refractivity (Wildman–Crippen MR) is 111 cm³/mol. The lowest BCUT2D eigenvalue weighted by atomic mass is 10.0. The molecule has 1 saturated heterocycles. The van der Waals surface area contributed by atoms with Crippen molar-refractivity contribution >= 4 is 17.2 Å². The van der Waals surface area contributed by atoms with Crippen molar-refractivity contribution in [3.05, 3.63) is 52.8 Å². The maximum atomic E-state index is 12.9. The molecule has 1 fully saturated rings. The Morgan fingerprint density at radius 2 is 2.00 bits per heavy atom. The summed E-state index contributed by atoms with van der Waals surface area (Å²) in [5, 5.41) is 11.8. The van der Waals surface area contributed by atoms with E-state index >= 15 is 0 Å². The van der Waals surface area contributed by atoms with Crippen molar-refractivity contribution in [2.45, 2.75) is 18.6 Å². The number of carbonyl (C=O) groups excluding carboxylic acids is 1. The fraction of sp³-hybridized carbons (Fsp3) is 0.400. The highest BCUT2D eigenvalue weighted by Crippen LogP contribution is 2.31. The third-order valence-corrected chi connectivity index (χ3v) is 6.01. The first-order chi connectivity index (χ1) is 15.4. The molecule has 3 aromatic rings. The number of aromatic amines is 1. The van der Waals surface area contributed by atoms with Crippen LogP contribution < -0.4 is 5.32 Å². The molecule has 1 aliphatic heterocycles. The standard InChI is InChI=1S/C20H21F3N6O2S/c21-20(22,23)14-3-1-13(2-4-14)16(29-5-7-31-8-6-29)10-24-17(30)9-15-11-32-19(27-15)18-25-12-26-28-18/h1-4,11-12,16H,5-10H2,(H,24,30)(H,25,26,28). The fourth-order valence-electron chi connectivity index (χ4n) is 3.48. The number of nitrogens with one attached hydrogen (secondary N) is 2. The van der Waals surface area contributed by atoms with Gasteiger partial charge in [0.25, 0.3) is 0 Å². The summed E-state index contributed by atoms with van der Waals surface area (Å²) >= 11 is 1.36. The first kappa shape index (κ1) is 22.4. The zero-order chi connectivity index (χ0) is 22.6. The number of alkyl halides is 3. The summed E-state index contributed by atoms with van der Waals surface area (Å²) in [5.41, 5.74) is 0.620. The van der Waals surface area contributed by atoms with Crippen LogP contribution in [0.4, 0.5) is 13.2 Å². The van der Waals surface area contributed by atoms with Crippen molar-refractivity contribution < 1.29 is 22.7 Å². The molecule has 3 heterocycles. The van der Waals surface area contributed by atoms with E-state index in [9.17, 15) is 18.0 Å². The third-order valence-electron chi connectivity index (χ3n) is 5.11. The van der Waals surface area contributed by atoms with Crippen LogP contribution in [-0.2, 0) is 22.1 Å². The van der Waals surface area contributed by atoms with Gasteiger partial charge in [0.15, 0.2) is 10.8 Å². The Bertz CT molecular complexity index is 1020. The smallest absolute Gasteiger partial charge is 0.379 e. The van der Waals surface area contributed by atoms with Gasteiger partial charge in [0, 0.05) is 25.0 Å². The molecule has 8 nitrogen and oxygen atoms in total. The van der Waals surface area contributed by atoms with Gasteiger partial charge in [-0.15, -0.1) is 11.3 Å². The molecule has 1 amide bonds. The van der Waals surface area contributed by atoms with E-state index in [0.717, 1.165) is 12.1 Å². The fourth-order valence-corrected chi connectivity index (χ4v) is 4.25. The van der Waals surface area contributed by atoms with Crippen LogP contribution in [0.25, 0.3) is 10.8 Å². The van der Waals surface area contributed by atoms with Gasteiger partial charge in [0.1, 0.15) is 6.33 Å². The zero-order valence-electron chi connectivity index (χ0n) is 16.9. The summed E-state index contributed by atoms with van der Waals surface area (Å²) in [4.78, 5) is 23.1. The average molecular weight is 466 g/mol. The van der Waals surface area contributed by atoms with E-state index in [0.29, 0.717) is 48.4 Å². The van der Waals surface area contributed by atoms with E-state index in [4.69, 9.17) is 4.74 Å². The average Bonchev–Trinajstić information content (AvgIpc) is 3.46. The van der Waals surface area contributed by atoms with E-state index in [2.05, 4.69) is 30.4 Å². The molecule has 1 atom stereocenters. The molecule has 0 spiro atoms. The number of hydrogen-bond acceptors (Lipinski definition) is 7. The number of ether oxygens (including phenoxy) is 1. The van der Waals surface area contributed by atoms with Crippen molar-refractivity contribution in [1.82, 2.24) is 30.4 Å². The van der Waals surface area contributed by atoms with E-state index in [1.54, 1.807) is 5.38 Å². The van der Waals surface area contributed by atoms with Gasteiger partial charge in [-0.05, 0) is 17.7 Å². The van der Waals surface area contributed by atoms with Crippen molar-refractivity contribution in [3.8, 4) is 10.8 Å². The van der Waals surface area contributed by atoms with Crippen LogP contribution in [0.5, 0.6) is 0 Å². The number of amides is 1. The summed E-state index contributed by atoms with van der Waals surface area (Å²) in [6, 6.07) is 4.83. The Morgan fingerprint density at radius 1 is 1.25 bits per heavy atom. The number of carbonyl (C=O) groups is 1. The van der Waals surface area contributed by atoms with Crippen LogP contribution in [0.1, 0.15) is 22.9 Å². The summed E-state index contributed by atoms with van der Waals surface area (Å²) in [6.45, 7) is 2.61. The molecule has 32 heavy (non-hydrogen) atoms. The highest BCUT2D eigenvalue weighted by molar-refractivity contribution is 7.13. The molecule has 0 radical (unpaired) electrons. The number of aromatic nitrogens is 4. The summed E-state index contributed by atoms with van der Waals surface area (Å²) in [6.07, 6.45) is -2.91. The van der Waals surface area contributed by atoms with E-state index in [1.165, 1.54) is 29.8 Å². The van der Waals surface area contributed by atoms with Crippen LogP contribution in [0.3, 0.4) is 0 Å².